The Balaban J connectivity index is -0.000000270. The first-order valence-corrected chi connectivity index (χ1v) is 3.85. The molecule has 0 fully saturated rings. The summed E-state index contributed by atoms with van der Waals surface area (Å²) < 4.78 is 0.869. The first kappa shape index (κ1) is 11.0. The Bertz CT molecular complexity index is 235. The van der Waals surface area contributed by atoms with Crippen LogP contribution in [0.5, 0.6) is 0 Å². The zero-order valence-electron chi connectivity index (χ0n) is 7.07. The molecule has 0 amide bonds. The molecular formula is C6H5BrCl2Mg. The van der Waals surface area contributed by atoms with E-state index in [1.165, 1.54) is 0 Å². The van der Waals surface area contributed by atoms with Crippen molar-refractivity contribution in [3.63, 3.8) is 0 Å². The quantitative estimate of drug-likeness (QED) is 0.489. The Morgan fingerprint density at radius 2 is 1.90 bits per heavy atom. The normalized spacial score (nSPS) is 8.70. The second-order valence-electron chi connectivity index (χ2n) is 1.56. The van der Waals surface area contributed by atoms with Crippen LogP contribution in [-0.4, -0.2) is 23.1 Å². The van der Waals surface area contributed by atoms with E-state index in [9.17, 15) is 0 Å². The second-order valence-corrected chi connectivity index (χ2v) is 3.26. The predicted octanol–water partition coefficient (Wildman–Crippen LogP) is 3.60. The van der Waals surface area contributed by atoms with Crippen molar-refractivity contribution in [1.82, 2.24) is 0 Å². The van der Waals surface area contributed by atoms with E-state index in [-0.39, 0.29) is 25.9 Å². The van der Waals surface area contributed by atoms with E-state index in [4.69, 9.17) is 23.2 Å². The Morgan fingerprint density at radius 1 is 1.30 bits per heavy atom. The van der Waals surface area contributed by atoms with Gasteiger partial charge in [-0.05, 0) is 34.1 Å². The van der Waals surface area contributed by atoms with Crippen LogP contribution in [0.15, 0.2) is 22.7 Å². The summed E-state index contributed by atoms with van der Waals surface area (Å²) in [6.07, 6.45) is 0. The van der Waals surface area contributed by atoms with Gasteiger partial charge in [0.1, 0.15) is 0 Å². The predicted molar refractivity (Wildman–Crippen MR) is 52.1 cm³/mol. The fraction of sp³-hybridized carbons (Fsp3) is 0. The van der Waals surface area contributed by atoms with Crippen molar-refractivity contribution in [2.45, 2.75) is 0 Å². The van der Waals surface area contributed by atoms with Crippen molar-refractivity contribution in [3.8, 4) is 0 Å². The Kier molecular flexibility index (Phi) is 5.34. The Morgan fingerprint density at radius 3 is 2.30 bits per heavy atom. The van der Waals surface area contributed by atoms with Crippen molar-refractivity contribution in [2.24, 2.45) is 0 Å². The van der Waals surface area contributed by atoms with Crippen LogP contribution in [-0.2, 0) is 0 Å². The zero-order valence-corrected chi connectivity index (χ0v) is 9.59. The molecule has 0 N–H and O–H groups in total. The van der Waals surface area contributed by atoms with Crippen LogP contribution < -0.4 is 0 Å². The minimum absolute atomic E-state index is 0. The third-order valence-corrected chi connectivity index (χ3v) is 2.35. The third-order valence-electron chi connectivity index (χ3n) is 0.882. The Labute approximate surface area is 97.1 Å². The summed E-state index contributed by atoms with van der Waals surface area (Å²) in [5.74, 6) is 0. The van der Waals surface area contributed by atoms with Crippen LogP contribution in [0.2, 0.25) is 10.0 Å². The van der Waals surface area contributed by atoms with Crippen molar-refractivity contribution < 1.29 is 2.85 Å². The number of hydrogen-bond donors (Lipinski definition) is 0. The minimum atomic E-state index is 0. The summed E-state index contributed by atoms with van der Waals surface area (Å²) in [6.45, 7) is 0. The van der Waals surface area contributed by atoms with Gasteiger partial charge in [0.05, 0.1) is 5.02 Å². The molecule has 0 atom stereocenters. The van der Waals surface area contributed by atoms with Gasteiger partial charge in [0.25, 0.3) is 0 Å². The molecule has 0 heterocycles. The van der Waals surface area contributed by atoms with Gasteiger partial charge in [-0.2, -0.15) is 0 Å². The largest absolute Gasteiger partial charge is 2.00 e. The van der Waals surface area contributed by atoms with Crippen molar-refractivity contribution in [3.05, 3.63) is 32.7 Å². The monoisotopic (exact) mass is 250 g/mol. The molecule has 52 valence electrons. The summed E-state index contributed by atoms with van der Waals surface area (Å²) in [7, 11) is 0. The van der Waals surface area contributed by atoms with Gasteiger partial charge >= 0.3 is 23.1 Å². The number of rotatable bonds is 0. The molecule has 0 saturated carbocycles. The molecule has 0 nitrogen and oxygen atoms in total. The smallest absolute Gasteiger partial charge is 1.00 e. The third kappa shape index (κ3) is 2.97. The number of benzene rings is 1. The van der Waals surface area contributed by atoms with E-state index in [2.05, 4.69) is 15.9 Å². The first-order valence-electron chi connectivity index (χ1n) is 2.30. The molecule has 0 aliphatic heterocycles. The van der Waals surface area contributed by atoms with Crippen molar-refractivity contribution in [2.75, 3.05) is 0 Å². The fourth-order valence-electron chi connectivity index (χ4n) is 0.470. The SMILES string of the molecule is Clc1ccc(Br)c(Cl)c1.[H-].[H-].[Mg+2]. The molecular weight excluding hydrogens is 247 g/mol. The molecule has 0 saturated heterocycles. The van der Waals surface area contributed by atoms with E-state index in [0.717, 1.165) is 4.47 Å². The molecule has 4 heteroatoms. The van der Waals surface area contributed by atoms with Gasteiger partial charge in [-0.25, -0.2) is 0 Å². The van der Waals surface area contributed by atoms with Gasteiger partial charge < -0.3 is 2.85 Å². The van der Waals surface area contributed by atoms with E-state index >= 15 is 0 Å². The van der Waals surface area contributed by atoms with Crippen LogP contribution in [0.25, 0.3) is 0 Å². The molecule has 1 rings (SSSR count). The van der Waals surface area contributed by atoms with Crippen molar-refractivity contribution >= 4 is 62.2 Å². The molecule has 0 unspecified atom stereocenters. The van der Waals surface area contributed by atoms with Gasteiger partial charge in [-0.1, -0.05) is 23.2 Å². The van der Waals surface area contributed by atoms with Crippen LogP contribution >= 0.6 is 39.1 Å². The van der Waals surface area contributed by atoms with Gasteiger partial charge in [0, 0.05) is 9.50 Å². The Hall–Kier alpha value is 1.05. The maximum absolute atomic E-state index is 5.68. The molecule has 0 aromatic heterocycles. The topological polar surface area (TPSA) is 0 Å². The second kappa shape index (κ2) is 4.83. The summed E-state index contributed by atoms with van der Waals surface area (Å²) in [5, 5.41) is 1.30. The van der Waals surface area contributed by atoms with E-state index < -0.39 is 0 Å². The molecule has 0 radical (unpaired) electrons. The fourth-order valence-corrected chi connectivity index (χ4v) is 1.13. The first-order chi connectivity index (χ1) is 4.20. The maximum atomic E-state index is 5.68. The van der Waals surface area contributed by atoms with Crippen molar-refractivity contribution in [1.29, 1.82) is 0 Å². The number of hydrogen-bond acceptors (Lipinski definition) is 0. The van der Waals surface area contributed by atoms with E-state index in [1.807, 2.05) is 6.07 Å². The molecule has 0 aliphatic carbocycles. The standard InChI is InChI=1S/C6H3BrCl2.Mg.2H/c7-5-2-1-4(8)3-6(5)9;;;/h1-3H;;;/q;+2;2*-1. The summed E-state index contributed by atoms with van der Waals surface area (Å²) in [6, 6.07) is 5.27. The molecule has 1 aromatic carbocycles. The maximum Gasteiger partial charge on any atom is 2.00 e. The molecule has 0 bridgehead atoms. The van der Waals surface area contributed by atoms with Gasteiger partial charge in [-0.3, -0.25) is 0 Å². The van der Waals surface area contributed by atoms with Gasteiger partial charge in [-0.15, -0.1) is 0 Å². The summed E-state index contributed by atoms with van der Waals surface area (Å²) in [4.78, 5) is 0. The molecule has 0 spiro atoms. The van der Waals surface area contributed by atoms with Crippen LogP contribution in [0, 0.1) is 0 Å². The van der Waals surface area contributed by atoms with E-state index in [0.29, 0.717) is 10.0 Å². The molecule has 10 heavy (non-hydrogen) atoms. The summed E-state index contributed by atoms with van der Waals surface area (Å²) >= 11 is 14.5. The van der Waals surface area contributed by atoms with Gasteiger partial charge in [0.2, 0.25) is 0 Å². The molecule has 0 aliphatic rings. The van der Waals surface area contributed by atoms with Crippen LogP contribution in [0.4, 0.5) is 0 Å². The summed E-state index contributed by atoms with van der Waals surface area (Å²) in [5.41, 5.74) is 0. The van der Waals surface area contributed by atoms with E-state index in [1.54, 1.807) is 12.1 Å². The van der Waals surface area contributed by atoms with Gasteiger partial charge in [0.15, 0.2) is 0 Å². The van der Waals surface area contributed by atoms with Crippen LogP contribution in [0.1, 0.15) is 2.85 Å². The minimum Gasteiger partial charge on any atom is -1.00 e. The average Bonchev–Trinajstić information content (AvgIpc) is 1.80. The number of halogens is 3. The molecule has 1 aromatic rings. The average molecular weight is 252 g/mol. The van der Waals surface area contributed by atoms with Crippen LogP contribution in [0.3, 0.4) is 0 Å². The zero-order chi connectivity index (χ0) is 6.85.